The van der Waals surface area contributed by atoms with E-state index in [-0.39, 0.29) is 16.9 Å². The van der Waals surface area contributed by atoms with Crippen molar-refractivity contribution in [1.82, 2.24) is 0 Å². The second-order valence-corrected chi connectivity index (χ2v) is 7.35. The third-order valence-corrected chi connectivity index (χ3v) is 5.37. The van der Waals surface area contributed by atoms with E-state index in [9.17, 15) is 24.2 Å². The zero-order chi connectivity index (χ0) is 22.0. The molecule has 0 fully saturated rings. The van der Waals surface area contributed by atoms with Crippen LogP contribution in [0.5, 0.6) is 0 Å². The number of benzene rings is 4. The molecule has 0 saturated carbocycles. The van der Waals surface area contributed by atoms with Crippen LogP contribution in [-0.2, 0) is 12.8 Å². The van der Waals surface area contributed by atoms with Crippen molar-refractivity contribution in [3.05, 3.63) is 107 Å². The summed E-state index contributed by atoms with van der Waals surface area (Å²) in [4.78, 5) is 23.1. The van der Waals surface area contributed by atoms with Gasteiger partial charge in [-0.05, 0) is 70.1 Å². The average Bonchev–Trinajstić information content (AvgIpc) is 2.77. The van der Waals surface area contributed by atoms with Gasteiger partial charge in [0.25, 0.3) is 0 Å². The Bertz CT molecular complexity index is 1290. The number of carboxylic acid groups (broad SMARTS) is 2. The number of fused-ring (bicyclic) bond motifs is 1. The number of aryl methyl sites for hydroxylation is 2. The number of halogens is 1. The summed E-state index contributed by atoms with van der Waals surface area (Å²) >= 11 is 0. The van der Waals surface area contributed by atoms with Crippen LogP contribution in [0.1, 0.15) is 31.8 Å². The number of aromatic carboxylic acids is 2. The Hall–Kier alpha value is -3.99. The van der Waals surface area contributed by atoms with Gasteiger partial charge in [-0.3, -0.25) is 0 Å². The van der Waals surface area contributed by atoms with Gasteiger partial charge in [0.05, 0.1) is 11.1 Å². The Labute approximate surface area is 178 Å². The predicted octanol–water partition coefficient (Wildman–Crippen LogP) is 5.83. The molecule has 4 aromatic rings. The summed E-state index contributed by atoms with van der Waals surface area (Å²) in [5, 5.41) is 20.4. The van der Waals surface area contributed by atoms with Crippen LogP contribution in [0.2, 0.25) is 0 Å². The van der Waals surface area contributed by atoms with E-state index < -0.39 is 11.9 Å². The molecule has 0 aliphatic carbocycles. The molecule has 2 N–H and O–H groups in total. The van der Waals surface area contributed by atoms with Gasteiger partial charge < -0.3 is 10.2 Å². The van der Waals surface area contributed by atoms with Crippen LogP contribution in [0, 0.1) is 5.82 Å². The standard InChI is InChI=1S/C26H19FO4/c27-21-10-7-17(8-11-21)18-9-13-23(25(28)29)20(15-18)6-4-16-5-12-22-19(14-16)2-1-3-24(22)26(30)31/h1-3,5,7-15H,4,6H2,(H,28,29)(H,30,31). The summed E-state index contributed by atoms with van der Waals surface area (Å²) in [5.41, 5.74) is 3.80. The van der Waals surface area contributed by atoms with Crippen LogP contribution in [-0.4, -0.2) is 22.2 Å². The van der Waals surface area contributed by atoms with Gasteiger partial charge >= 0.3 is 11.9 Å². The van der Waals surface area contributed by atoms with Crippen molar-refractivity contribution in [3.63, 3.8) is 0 Å². The Balaban J connectivity index is 1.64. The highest BCUT2D eigenvalue weighted by atomic mass is 19.1. The molecule has 0 saturated heterocycles. The lowest BCUT2D eigenvalue weighted by Gasteiger charge is -2.11. The van der Waals surface area contributed by atoms with Gasteiger partial charge in [-0.15, -0.1) is 0 Å². The largest absolute Gasteiger partial charge is 0.478 e. The van der Waals surface area contributed by atoms with E-state index in [1.165, 1.54) is 12.1 Å². The first kappa shape index (κ1) is 20.3. The van der Waals surface area contributed by atoms with E-state index in [1.54, 1.807) is 42.5 Å². The SMILES string of the molecule is O=C(O)c1ccc(-c2ccc(F)cc2)cc1CCc1ccc2c(C(=O)O)cccc2c1. The Morgan fingerprint density at radius 1 is 0.710 bits per heavy atom. The van der Waals surface area contributed by atoms with E-state index in [1.807, 2.05) is 24.3 Å². The van der Waals surface area contributed by atoms with E-state index in [0.29, 0.717) is 23.8 Å². The van der Waals surface area contributed by atoms with Crippen molar-refractivity contribution in [1.29, 1.82) is 0 Å². The first-order chi connectivity index (χ1) is 14.9. The van der Waals surface area contributed by atoms with Crippen LogP contribution < -0.4 is 0 Å². The molecule has 31 heavy (non-hydrogen) atoms. The molecule has 0 bridgehead atoms. The van der Waals surface area contributed by atoms with Crippen molar-refractivity contribution in [2.24, 2.45) is 0 Å². The first-order valence-corrected chi connectivity index (χ1v) is 9.79. The van der Waals surface area contributed by atoms with E-state index >= 15 is 0 Å². The smallest absolute Gasteiger partial charge is 0.336 e. The molecule has 0 heterocycles. The van der Waals surface area contributed by atoms with Crippen molar-refractivity contribution in [2.75, 3.05) is 0 Å². The van der Waals surface area contributed by atoms with Gasteiger partial charge in [-0.1, -0.05) is 54.6 Å². The van der Waals surface area contributed by atoms with Crippen LogP contribution in [0.25, 0.3) is 21.9 Å². The lowest BCUT2D eigenvalue weighted by atomic mass is 9.94. The van der Waals surface area contributed by atoms with Gasteiger partial charge in [-0.2, -0.15) is 0 Å². The highest BCUT2D eigenvalue weighted by Gasteiger charge is 2.13. The van der Waals surface area contributed by atoms with Crippen LogP contribution in [0.4, 0.5) is 4.39 Å². The zero-order valence-corrected chi connectivity index (χ0v) is 16.5. The van der Waals surface area contributed by atoms with Gasteiger partial charge in [0.1, 0.15) is 5.82 Å². The summed E-state index contributed by atoms with van der Waals surface area (Å²) in [6.07, 6.45) is 1.10. The normalized spacial score (nSPS) is 10.9. The summed E-state index contributed by atoms with van der Waals surface area (Å²) < 4.78 is 13.2. The predicted molar refractivity (Wildman–Crippen MR) is 117 cm³/mol. The topological polar surface area (TPSA) is 74.6 Å². The second-order valence-electron chi connectivity index (χ2n) is 7.35. The third-order valence-electron chi connectivity index (χ3n) is 5.37. The maximum absolute atomic E-state index is 13.2. The van der Waals surface area contributed by atoms with Gasteiger partial charge in [-0.25, -0.2) is 14.0 Å². The summed E-state index contributed by atoms with van der Waals surface area (Å²) in [7, 11) is 0. The number of rotatable bonds is 6. The molecule has 0 aliphatic rings. The van der Waals surface area contributed by atoms with E-state index in [4.69, 9.17) is 0 Å². The summed E-state index contributed by atoms with van der Waals surface area (Å²) in [5.74, 6) is -2.29. The Morgan fingerprint density at radius 3 is 2.13 bits per heavy atom. The zero-order valence-electron chi connectivity index (χ0n) is 16.5. The summed E-state index contributed by atoms with van der Waals surface area (Å²) in [6, 6.07) is 22.0. The third kappa shape index (κ3) is 4.31. The van der Waals surface area contributed by atoms with E-state index in [0.717, 1.165) is 22.1 Å². The lowest BCUT2D eigenvalue weighted by molar-refractivity contribution is 0.0686. The molecule has 4 rings (SSSR count). The molecule has 0 atom stereocenters. The molecule has 0 unspecified atom stereocenters. The molecule has 154 valence electrons. The maximum atomic E-state index is 13.2. The Kier molecular flexibility index (Phi) is 5.50. The quantitative estimate of drug-likeness (QED) is 0.416. The number of hydrogen-bond donors (Lipinski definition) is 2. The monoisotopic (exact) mass is 414 g/mol. The number of hydrogen-bond acceptors (Lipinski definition) is 2. The van der Waals surface area contributed by atoms with E-state index in [2.05, 4.69) is 0 Å². The van der Waals surface area contributed by atoms with Crippen LogP contribution >= 0.6 is 0 Å². The molecular weight excluding hydrogens is 395 g/mol. The molecule has 4 aromatic carbocycles. The van der Waals surface area contributed by atoms with Crippen molar-refractivity contribution >= 4 is 22.7 Å². The minimum Gasteiger partial charge on any atom is -0.478 e. The number of carbonyl (C=O) groups is 2. The fourth-order valence-electron chi connectivity index (χ4n) is 3.79. The van der Waals surface area contributed by atoms with Crippen molar-refractivity contribution in [3.8, 4) is 11.1 Å². The molecule has 0 radical (unpaired) electrons. The highest BCUT2D eigenvalue weighted by Crippen LogP contribution is 2.25. The second kappa shape index (κ2) is 8.40. The molecule has 0 amide bonds. The maximum Gasteiger partial charge on any atom is 0.336 e. The molecule has 4 nitrogen and oxygen atoms in total. The lowest BCUT2D eigenvalue weighted by Crippen LogP contribution is -2.04. The first-order valence-electron chi connectivity index (χ1n) is 9.79. The molecule has 0 aromatic heterocycles. The summed E-state index contributed by atoms with van der Waals surface area (Å²) in [6.45, 7) is 0. The molecule has 5 heteroatoms. The minimum atomic E-state index is -0.995. The fraction of sp³-hybridized carbons (Fsp3) is 0.0769. The Morgan fingerprint density at radius 2 is 1.42 bits per heavy atom. The molecular formula is C26H19FO4. The average molecular weight is 414 g/mol. The minimum absolute atomic E-state index is 0.236. The van der Waals surface area contributed by atoms with Gasteiger partial charge in [0, 0.05) is 0 Å². The fourth-order valence-corrected chi connectivity index (χ4v) is 3.79. The van der Waals surface area contributed by atoms with Gasteiger partial charge in [0.2, 0.25) is 0 Å². The van der Waals surface area contributed by atoms with Crippen molar-refractivity contribution < 1.29 is 24.2 Å². The number of carboxylic acids is 2. The van der Waals surface area contributed by atoms with Crippen LogP contribution in [0.3, 0.4) is 0 Å². The highest BCUT2D eigenvalue weighted by molar-refractivity contribution is 6.03. The molecule has 0 aliphatic heterocycles. The van der Waals surface area contributed by atoms with Gasteiger partial charge in [0.15, 0.2) is 0 Å². The molecule has 0 spiro atoms. The van der Waals surface area contributed by atoms with Crippen molar-refractivity contribution in [2.45, 2.75) is 12.8 Å². The van der Waals surface area contributed by atoms with Crippen LogP contribution in [0.15, 0.2) is 78.9 Å².